The van der Waals surface area contributed by atoms with E-state index in [1.54, 1.807) is 0 Å². The number of rotatable bonds is 2. The Hall–Kier alpha value is -1.57. The lowest BCUT2D eigenvalue weighted by Crippen LogP contribution is -2.40. The fraction of sp³-hybridized carbons (Fsp3) is 0.462. The summed E-state index contributed by atoms with van der Waals surface area (Å²) in [5.74, 6) is -3.83. The standard InChI is InChI=1S/C13H12ClF5N2O/c14-9-5-7(11(20)22)10(6-8(9)13(17,18)19)21-3-1-12(15,16)2-4-21/h5-6H,1-4H2,(H2,20,22). The van der Waals surface area contributed by atoms with Crippen LogP contribution in [0.25, 0.3) is 0 Å². The molecule has 0 spiro atoms. The van der Waals surface area contributed by atoms with Gasteiger partial charge in [-0.25, -0.2) is 8.78 Å². The summed E-state index contributed by atoms with van der Waals surface area (Å²) in [6.45, 7) is -0.349. The molecular weight excluding hydrogens is 331 g/mol. The van der Waals surface area contributed by atoms with Crippen molar-refractivity contribution >= 4 is 23.2 Å². The number of benzene rings is 1. The number of nitrogens with two attached hydrogens (primary N) is 1. The van der Waals surface area contributed by atoms with Gasteiger partial charge in [-0.1, -0.05) is 11.6 Å². The maximum atomic E-state index is 13.2. The van der Waals surface area contributed by atoms with Crippen molar-refractivity contribution < 1.29 is 26.7 Å². The van der Waals surface area contributed by atoms with Crippen LogP contribution in [0.3, 0.4) is 0 Å². The summed E-state index contributed by atoms with van der Waals surface area (Å²) < 4.78 is 65.1. The molecular formula is C13H12ClF5N2O. The summed E-state index contributed by atoms with van der Waals surface area (Å²) in [4.78, 5) is 12.7. The Morgan fingerprint density at radius 3 is 2.23 bits per heavy atom. The Balaban J connectivity index is 2.47. The lowest BCUT2D eigenvalue weighted by atomic mass is 10.0. The Kier molecular flexibility index (Phi) is 4.25. The predicted octanol–water partition coefficient (Wildman–Crippen LogP) is 3.69. The normalized spacial score (nSPS) is 18.4. The number of piperidine rings is 1. The summed E-state index contributed by atoms with van der Waals surface area (Å²) in [5.41, 5.74) is 3.67. The Bertz CT molecular complexity index is 593. The van der Waals surface area contributed by atoms with Crippen molar-refractivity contribution in [2.75, 3.05) is 18.0 Å². The molecule has 22 heavy (non-hydrogen) atoms. The summed E-state index contributed by atoms with van der Waals surface area (Å²) in [7, 11) is 0. The third kappa shape index (κ3) is 3.43. The molecule has 3 nitrogen and oxygen atoms in total. The molecule has 0 aromatic heterocycles. The lowest BCUT2D eigenvalue weighted by Gasteiger charge is -2.34. The molecule has 0 bridgehead atoms. The number of halogens is 6. The van der Waals surface area contributed by atoms with Crippen molar-refractivity contribution in [1.82, 2.24) is 0 Å². The average molecular weight is 343 g/mol. The first kappa shape index (κ1) is 16.8. The van der Waals surface area contributed by atoms with E-state index in [0.29, 0.717) is 6.07 Å². The predicted molar refractivity (Wildman–Crippen MR) is 71.4 cm³/mol. The first-order chi connectivity index (χ1) is 10.0. The largest absolute Gasteiger partial charge is 0.417 e. The van der Waals surface area contributed by atoms with Crippen LogP contribution < -0.4 is 10.6 Å². The third-order valence-electron chi connectivity index (χ3n) is 3.49. The molecule has 1 aliphatic heterocycles. The van der Waals surface area contributed by atoms with Gasteiger partial charge in [0.25, 0.3) is 11.8 Å². The molecule has 0 unspecified atom stereocenters. The monoisotopic (exact) mass is 342 g/mol. The van der Waals surface area contributed by atoms with Gasteiger partial charge in [0, 0.05) is 25.9 Å². The first-order valence-corrected chi connectivity index (χ1v) is 6.72. The van der Waals surface area contributed by atoms with Gasteiger partial charge in [0.05, 0.1) is 21.8 Å². The molecule has 0 atom stereocenters. The van der Waals surface area contributed by atoms with Gasteiger partial charge in [0.1, 0.15) is 0 Å². The third-order valence-corrected chi connectivity index (χ3v) is 3.80. The fourth-order valence-corrected chi connectivity index (χ4v) is 2.58. The molecule has 0 aliphatic carbocycles. The van der Waals surface area contributed by atoms with Crippen molar-refractivity contribution in [1.29, 1.82) is 0 Å². The number of carbonyl (C=O) groups is 1. The van der Waals surface area contributed by atoms with E-state index >= 15 is 0 Å². The van der Waals surface area contributed by atoms with Gasteiger partial charge in [-0.2, -0.15) is 13.2 Å². The van der Waals surface area contributed by atoms with Crippen LogP contribution in [0.5, 0.6) is 0 Å². The first-order valence-electron chi connectivity index (χ1n) is 6.34. The molecule has 1 heterocycles. The minimum Gasteiger partial charge on any atom is -0.370 e. The zero-order valence-corrected chi connectivity index (χ0v) is 11.9. The van der Waals surface area contributed by atoms with Crippen LogP contribution >= 0.6 is 11.6 Å². The molecule has 0 radical (unpaired) electrons. The molecule has 122 valence electrons. The van der Waals surface area contributed by atoms with Crippen LogP contribution in [0.15, 0.2) is 12.1 Å². The quantitative estimate of drug-likeness (QED) is 0.833. The maximum Gasteiger partial charge on any atom is 0.417 e. The second-order valence-electron chi connectivity index (χ2n) is 5.05. The molecule has 1 aromatic carbocycles. The van der Waals surface area contributed by atoms with E-state index < -0.39 is 41.4 Å². The van der Waals surface area contributed by atoms with E-state index in [0.717, 1.165) is 6.07 Å². The number of nitrogens with zero attached hydrogens (tertiary/aromatic N) is 1. The summed E-state index contributed by atoms with van der Waals surface area (Å²) in [5, 5.41) is -0.660. The summed E-state index contributed by atoms with van der Waals surface area (Å²) in [6, 6.07) is 1.51. The van der Waals surface area contributed by atoms with Crippen molar-refractivity contribution in [3.63, 3.8) is 0 Å². The zero-order chi connectivity index (χ0) is 16.7. The zero-order valence-electron chi connectivity index (χ0n) is 11.2. The van der Waals surface area contributed by atoms with Crippen LogP contribution in [-0.2, 0) is 6.18 Å². The Labute approximate surface area is 127 Å². The number of alkyl halides is 5. The SMILES string of the molecule is NC(=O)c1cc(Cl)c(C(F)(F)F)cc1N1CCC(F)(F)CC1. The molecule has 1 aromatic rings. The second-order valence-corrected chi connectivity index (χ2v) is 5.46. The van der Waals surface area contributed by atoms with Crippen LogP contribution in [-0.4, -0.2) is 24.9 Å². The molecule has 1 fully saturated rings. The number of hydrogen-bond donors (Lipinski definition) is 1. The highest BCUT2D eigenvalue weighted by atomic mass is 35.5. The number of amides is 1. The van der Waals surface area contributed by atoms with Crippen molar-refractivity contribution in [2.45, 2.75) is 24.9 Å². The summed E-state index contributed by atoms with van der Waals surface area (Å²) >= 11 is 5.55. The van der Waals surface area contributed by atoms with E-state index in [-0.39, 0.29) is 24.3 Å². The summed E-state index contributed by atoms with van der Waals surface area (Å²) in [6.07, 6.45) is -5.73. The van der Waals surface area contributed by atoms with Crippen molar-refractivity contribution in [2.24, 2.45) is 5.73 Å². The minimum atomic E-state index is -4.72. The van der Waals surface area contributed by atoms with Gasteiger partial charge < -0.3 is 10.6 Å². The van der Waals surface area contributed by atoms with Crippen molar-refractivity contribution in [3.8, 4) is 0 Å². The van der Waals surface area contributed by atoms with E-state index in [9.17, 15) is 26.7 Å². The van der Waals surface area contributed by atoms with Gasteiger partial charge in [0.2, 0.25) is 0 Å². The topological polar surface area (TPSA) is 46.3 Å². The number of carbonyl (C=O) groups excluding carboxylic acids is 1. The molecule has 0 saturated carbocycles. The average Bonchev–Trinajstić information content (AvgIpc) is 2.37. The second kappa shape index (κ2) is 5.57. The van der Waals surface area contributed by atoms with Crippen molar-refractivity contribution in [3.05, 3.63) is 28.3 Å². The Morgan fingerprint density at radius 2 is 1.77 bits per heavy atom. The van der Waals surface area contributed by atoms with E-state index in [1.807, 2.05) is 0 Å². The maximum absolute atomic E-state index is 13.2. The fourth-order valence-electron chi connectivity index (χ4n) is 2.31. The van der Waals surface area contributed by atoms with Gasteiger partial charge >= 0.3 is 6.18 Å². The smallest absolute Gasteiger partial charge is 0.370 e. The molecule has 9 heteroatoms. The molecule has 1 aliphatic rings. The van der Waals surface area contributed by atoms with Gasteiger partial charge in [-0.15, -0.1) is 0 Å². The highest BCUT2D eigenvalue weighted by Gasteiger charge is 2.38. The minimum absolute atomic E-state index is 0.125. The van der Waals surface area contributed by atoms with Gasteiger partial charge in [-0.05, 0) is 12.1 Å². The van der Waals surface area contributed by atoms with Crippen LogP contribution in [0.4, 0.5) is 27.6 Å². The highest BCUT2D eigenvalue weighted by Crippen LogP contribution is 2.40. The van der Waals surface area contributed by atoms with Crippen LogP contribution in [0, 0.1) is 0 Å². The van der Waals surface area contributed by atoms with Crippen LogP contribution in [0.1, 0.15) is 28.8 Å². The molecule has 2 rings (SSSR count). The van der Waals surface area contributed by atoms with E-state index in [1.165, 1.54) is 4.90 Å². The van der Waals surface area contributed by atoms with Gasteiger partial charge in [0.15, 0.2) is 0 Å². The number of primary amides is 1. The molecule has 2 N–H and O–H groups in total. The number of anilines is 1. The van der Waals surface area contributed by atoms with Crippen LogP contribution in [0.2, 0.25) is 5.02 Å². The van der Waals surface area contributed by atoms with Gasteiger partial charge in [-0.3, -0.25) is 4.79 Å². The molecule has 1 saturated heterocycles. The Morgan fingerprint density at radius 1 is 1.23 bits per heavy atom. The lowest BCUT2D eigenvalue weighted by molar-refractivity contribution is -0.137. The molecule has 1 amide bonds. The highest BCUT2D eigenvalue weighted by molar-refractivity contribution is 6.32. The van der Waals surface area contributed by atoms with E-state index in [2.05, 4.69) is 0 Å². The van der Waals surface area contributed by atoms with E-state index in [4.69, 9.17) is 17.3 Å². The number of hydrogen-bond acceptors (Lipinski definition) is 2.